The molecule has 0 aliphatic heterocycles. The first-order valence-corrected chi connectivity index (χ1v) is 10.3. The molecule has 0 saturated carbocycles. The van der Waals surface area contributed by atoms with Crippen molar-refractivity contribution in [1.82, 2.24) is 0 Å². The number of hydrogen-bond acceptors (Lipinski definition) is 2. The van der Waals surface area contributed by atoms with Crippen molar-refractivity contribution in [3.63, 3.8) is 0 Å². The molecule has 108 valence electrons. The average Bonchev–Trinajstić information content (AvgIpc) is 2.24. The Hall–Kier alpha value is -0.323. The first-order valence-electron chi connectivity index (χ1n) is 6.55. The van der Waals surface area contributed by atoms with E-state index in [4.69, 9.17) is 9.16 Å². The van der Waals surface area contributed by atoms with Gasteiger partial charge in [-0.1, -0.05) is 36.7 Å². The lowest BCUT2D eigenvalue weighted by Gasteiger charge is -2.36. The van der Waals surface area contributed by atoms with Crippen molar-refractivity contribution < 1.29 is 9.16 Å². The van der Waals surface area contributed by atoms with E-state index in [-0.39, 0.29) is 5.04 Å². The quantitative estimate of drug-likeness (QED) is 0.691. The van der Waals surface area contributed by atoms with Gasteiger partial charge in [-0.25, -0.2) is 0 Å². The number of aryl methyl sites for hydroxylation is 1. The van der Waals surface area contributed by atoms with Gasteiger partial charge in [0.25, 0.3) is 0 Å². The number of rotatable bonds is 4. The summed E-state index contributed by atoms with van der Waals surface area (Å²) in [5, 5.41) is 0.224. The lowest BCUT2D eigenvalue weighted by Crippen LogP contribution is -2.40. The SMILES string of the molecule is COc1c(C)cc(Br)cc1CO[Si](C)(C)C(C)(C)C. The molecule has 4 heteroatoms. The molecule has 0 aliphatic carbocycles. The van der Waals surface area contributed by atoms with Gasteiger partial charge in [0.2, 0.25) is 0 Å². The predicted octanol–water partition coefficient (Wildman–Crippen LogP) is 5.29. The van der Waals surface area contributed by atoms with Gasteiger partial charge in [-0.2, -0.15) is 0 Å². The van der Waals surface area contributed by atoms with Crippen LogP contribution in [0, 0.1) is 6.92 Å². The van der Waals surface area contributed by atoms with Crippen LogP contribution in [0.5, 0.6) is 5.75 Å². The zero-order valence-electron chi connectivity index (χ0n) is 13.1. The van der Waals surface area contributed by atoms with Crippen molar-refractivity contribution in [2.24, 2.45) is 0 Å². The Bertz CT molecular complexity index is 450. The van der Waals surface area contributed by atoms with Gasteiger partial charge >= 0.3 is 0 Å². The summed E-state index contributed by atoms with van der Waals surface area (Å²) in [6, 6.07) is 4.15. The summed E-state index contributed by atoms with van der Waals surface area (Å²) in [4.78, 5) is 0. The molecule has 2 nitrogen and oxygen atoms in total. The number of halogens is 1. The zero-order valence-corrected chi connectivity index (χ0v) is 15.6. The molecule has 0 atom stereocenters. The minimum atomic E-state index is -1.73. The second-order valence-electron chi connectivity index (χ2n) is 6.46. The summed E-state index contributed by atoms with van der Waals surface area (Å²) in [5.74, 6) is 0.932. The van der Waals surface area contributed by atoms with E-state index >= 15 is 0 Å². The van der Waals surface area contributed by atoms with E-state index in [0.29, 0.717) is 6.61 Å². The number of benzene rings is 1. The van der Waals surface area contributed by atoms with Crippen LogP contribution in [-0.2, 0) is 11.0 Å². The maximum atomic E-state index is 6.27. The molecule has 0 heterocycles. The predicted molar refractivity (Wildman–Crippen MR) is 87.4 cm³/mol. The monoisotopic (exact) mass is 344 g/mol. The van der Waals surface area contributed by atoms with Gasteiger partial charge in [-0.15, -0.1) is 0 Å². The van der Waals surface area contributed by atoms with Gasteiger partial charge in [-0.05, 0) is 42.8 Å². The fourth-order valence-electron chi connectivity index (χ4n) is 1.67. The Morgan fingerprint density at radius 1 is 1.21 bits per heavy atom. The van der Waals surface area contributed by atoms with Crippen molar-refractivity contribution in [2.45, 2.75) is 52.4 Å². The van der Waals surface area contributed by atoms with Crippen LogP contribution in [0.25, 0.3) is 0 Å². The highest BCUT2D eigenvalue weighted by Gasteiger charge is 2.37. The minimum absolute atomic E-state index is 0.224. The van der Waals surface area contributed by atoms with Crippen LogP contribution >= 0.6 is 15.9 Å². The normalized spacial score (nSPS) is 12.6. The van der Waals surface area contributed by atoms with E-state index in [9.17, 15) is 0 Å². The molecule has 0 aliphatic rings. The van der Waals surface area contributed by atoms with Crippen LogP contribution in [0.15, 0.2) is 16.6 Å². The molecule has 1 rings (SSSR count). The van der Waals surface area contributed by atoms with E-state index in [1.165, 1.54) is 0 Å². The molecule has 0 bridgehead atoms. The van der Waals surface area contributed by atoms with Crippen LogP contribution in [0.4, 0.5) is 0 Å². The number of ether oxygens (including phenoxy) is 1. The lowest BCUT2D eigenvalue weighted by molar-refractivity contribution is 0.269. The summed E-state index contributed by atoms with van der Waals surface area (Å²) < 4.78 is 12.8. The van der Waals surface area contributed by atoms with Gasteiger partial charge < -0.3 is 9.16 Å². The summed E-state index contributed by atoms with van der Waals surface area (Å²) in [5.41, 5.74) is 2.24. The van der Waals surface area contributed by atoms with Crippen LogP contribution in [0.2, 0.25) is 18.1 Å². The number of methoxy groups -OCH3 is 1. The summed E-state index contributed by atoms with van der Waals surface area (Å²) in [7, 11) is -0.0147. The molecule has 0 aromatic heterocycles. The molecule has 0 saturated heterocycles. The van der Waals surface area contributed by atoms with Crippen molar-refractivity contribution in [3.05, 3.63) is 27.7 Å². The Labute approximate surface area is 126 Å². The first-order chi connectivity index (χ1) is 8.58. The maximum Gasteiger partial charge on any atom is 0.192 e. The maximum absolute atomic E-state index is 6.27. The Morgan fingerprint density at radius 3 is 2.26 bits per heavy atom. The third-order valence-corrected chi connectivity index (χ3v) is 8.85. The average molecular weight is 345 g/mol. The largest absolute Gasteiger partial charge is 0.496 e. The highest BCUT2D eigenvalue weighted by Crippen LogP contribution is 2.38. The Kier molecular flexibility index (Phi) is 5.26. The zero-order chi connectivity index (χ0) is 14.8. The van der Waals surface area contributed by atoms with E-state index in [1.807, 2.05) is 0 Å². The molecule has 0 spiro atoms. The molecule has 1 aromatic rings. The molecule has 0 radical (unpaired) electrons. The van der Waals surface area contributed by atoms with E-state index in [0.717, 1.165) is 21.3 Å². The number of hydrogen-bond donors (Lipinski definition) is 0. The highest BCUT2D eigenvalue weighted by atomic mass is 79.9. The van der Waals surface area contributed by atoms with Gasteiger partial charge in [0.1, 0.15) is 5.75 Å². The first kappa shape index (κ1) is 16.7. The molecule has 19 heavy (non-hydrogen) atoms. The van der Waals surface area contributed by atoms with Crippen molar-refractivity contribution in [2.75, 3.05) is 7.11 Å². The fraction of sp³-hybridized carbons (Fsp3) is 0.600. The molecule has 0 fully saturated rings. The summed E-state index contributed by atoms with van der Waals surface area (Å²) in [6.45, 7) is 14.0. The van der Waals surface area contributed by atoms with E-state index in [1.54, 1.807) is 7.11 Å². The lowest BCUT2D eigenvalue weighted by atomic mass is 10.1. The Morgan fingerprint density at radius 2 is 1.79 bits per heavy atom. The second-order valence-corrected chi connectivity index (χ2v) is 12.2. The molecule has 1 aromatic carbocycles. The standard InChI is InChI=1S/C15H25BrO2Si/c1-11-8-13(16)9-12(14(11)17-5)10-18-19(6,7)15(2,3)4/h8-9H,10H2,1-7H3. The van der Waals surface area contributed by atoms with Crippen molar-refractivity contribution >= 4 is 24.2 Å². The molecule has 0 amide bonds. The Balaban J connectivity index is 2.95. The van der Waals surface area contributed by atoms with Crippen LogP contribution in [-0.4, -0.2) is 15.4 Å². The van der Waals surface area contributed by atoms with Gasteiger partial charge in [0, 0.05) is 10.0 Å². The smallest absolute Gasteiger partial charge is 0.192 e. The van der Waals surface area contributed by atoms with Gasteiger partial charge in [-0.3, -0.25) is 0 Å². The highest BCUT2D eigenvalue weighted by molar-refractivity contribution is 9.10. The molecule has 0 N–H and O–H groups in total. The third kappa shape index (κ3) is 4.07. The topological polar surface area (TPSA) is 18.5 Å². The van der Waals surface area contributed by atoms with Crippen LogP contribution in [0.3, 0.4) is 0 Å². The van der Waals surface area contributed by atoms with Crippen LogP contribution in [0.1, 0.15) is 31.9 Å². The fourth-order valence-corrected chi connectivity index (χ4v) is 3.24. The molecular weight excluding hydrogens is 320 g/mol. The van der Waals surface area contributed by atoms with E-state index in [2.05, 4.69) is 68.9 Å². The van der Waals surface area contributed by atoms with Gasteiger partial charge in [0.05, 0.1) is 13.7 Å². The molecule has 0 unspecified atom stereocenters. The van der Waals surface area contributed by atoms with Gasteiger partial charge in [0.15, 0.2) is 8.32 Å². The van der Waals surface area contributed by atoms with Crippen LogP contribution < -0.4 is 4.74 Å². The van der Waals surface area contributed by atoms with Crippen molar-refractivity contribution in [1.29, 1.82) is 0 Å². The van der Waals surface area contributed by atoms with Crippen molar-refractivity contribution in [3.8, 4) is 5.75 Å². The molecular formula is C15H25BrO2Si. The van der Waals surface area contributed by atoms with E-state index < -0.39 is 8.32 Å². The summed E-state index contributed by atoms with van der Waals surface area (Å²) >= 11 is 3.54. The third-order valence-electron chi connectivity index (χ3n) is 3.92. The minimum Gasteiger partial charge on any atom is -0.496 e. The summed E-state index contributed by atoms with van der Waals surface area (Å²) in [6.07, 6.45) is 0. The second kappa shape index (κ2) is 5.98.